The third-order valence-corrected chi connectivity index (χ3v) is 4.33. The van der Waals surface area contributed by atoms with Crippen molar-refractivity contribution in [2.45, 2.75) is 52.4 Å². The van der Waals surface area contributed by atoms with Crippen LogP contribution in [0.3, 0.4) is 0 Å². The van der Waals surface area contributed by atoms with Crippen molar-refractivity contribution in [1.29, 1.82) is 0 Å². The molecule has 2 aliphatic carbocycles. The Morgan fingerprint density at radius 1 is 0.750 bits per heavy atom. The van der Waals surface area contributed by atoms with Gasteiger partial charge in [-0.25, -0.2) is 0 Å². The zero-order valence-electron chi connectivity index (χ0n) is 8.55. The Morgan fingerprint density at radius 3 is 1.67 bits per heavy atom. The zero-order chi connectivity index (χ0) is 8.55. The SMILES string of the molecule is C[C@@H]1CCCC2CCC[C@H](C)C21. The molecule has 0 radical (unpaired) electrons. The summed E-state index contributed by atoms with van der Waals surface area (Å²) >= 11 is 0. The molecule has 70 valence electrons. The van der Waals surface area contributed by atoms with Crippen LogP contribution >= 0.6 is 0 Å². The van der Waals surface area contributed by atoms with Crippen molar-refractivity contribution in [1.82, 2.24) is 0 Å². The van der Waals surface area contributed by atoms with Gasteiger partial charge in [-0.1, -0.05) is 52.4 Å². The van der Waals surface area contributed by atoms with Crippen LogP contribution in [0.1, 0.15) is 52.4 Å². The summed E-state index contributed by atoms with van der Waals surface area (Å²) in [6, 6.07) is 0. The van der Waals surface area contributed by atoms with Crippen molar-refractivity contribution in [2.75, 3.05) is 0 Å². The number of rotatable bonds is 0. The molecule has 12 heavy (non-hydrogen) atoms. The molecule has 0 aromatic rings. The van der Waals surface area contributed by atoms with Gasteiger partial charge in [0.05, 0.1) is 0 Å². The lowest BCUT2D eigenvalue weighted by Gasteiger charge is -2.44. The first-order valence-electron chi connectivity index (χ1n) is 5.79. The van der Waals surface area contributed by atoms with Gasteiger partial charge < -0.3 is 0 Å². The predicted molar refractivity (Wildman–Crippen MR) is 53.0 cm³/mol. The van der Waals surface area contributed by atoms with Crippen LogP contribution in [-0.2, 0) is 0 Å². The predicted octanol–water partition coefficient (Wildman–Crippen LogP) is 3.86. The molecule has 0 heteroatoms. The molecule has 2 fully saturated rings. The first-order valence-corrected chi connectivity index (χ1v) is 5.79. The maximum absolute atomic E-state index is 2.48. The lowest BCUT2D eigenvalue weighted by Crippen LogP contribution is -2.34. The summed E-state index contributed by atoms with van der Waals surface area (Å²) in [4.78, 5) is 0. The molecule has 0 amide bonds. The smallest absolute Gasteiger partial charge is 0.0334 e. The van der Waals surface area contributed by atoms with Gasteiger partial charge in [-0.05, 0) is 23.7 Å². The highest BCUT2D eigenvalue weighted by molar-refractivity contribution is 4.86. The van der Waals surface area contributed by atoms with Crippen LogP contribution in [0, 0.1) is 23.7 Å². The zero-order valence-corrected chi connectivity index (χ0v) is 8.55. The van der Waals surface area contributed by atoms with Gasteiger partial charge in [0.2, 0.25) is 0 Å². The Labute approximate surface area is 76.7 Å². The van der Waals surface area contributed by atoms with Crippen LogP contribution in [0.2, 0.25) is 0 Å². The summed E-state index contributed by atoms with van der Waals surface area (Å²) in [5.74, 6) is 4.25. The molecule has 2 unspecified atom stereocenters. The molecular weight excluding hydrogens is 144 g/mol. The molecule has 4 atom stereocenters. The van der Waals surface area contributed by atoms with E-state index in [2.05, 4.69) is 13.8 Å². The second-order valence-electron chi connectivity index (χ2n) is 5.15. The Morgan fingerprint density at radius 2 is 1.25 bits per heavy atom. The van der Waals surface area contributed by atoms with E-state index in [1.165, 1.54) is 25.7 Å². The van der Waals surface area contributed by atoms with Crippen molar-refractivity contribution < 1.29 is 0 Å². The summed E-state index contributed by atoms with van der Waals surface area (Å²) in [6.45, 7) is 4.97. The number of hydrogen-bond acceptors (Lipinski definition) is 0. The molecular formula is C12H22. The van der Waals surface area contributed by atoms with Gasteiger partial charge in [-0.3, -0.25) is 0 Å². The minimum absolute atomic E-state index is 1.03. The Bertz CT molecular complexity index is 134. The lowest BCUT2D eigenvalue weighted by molar-refractivity contribution is 0.0652. The number of hydrogen-bond donors (Lipinski definition) is 0. The van der Waals surface area contributed by atoms with Gasteiger partial charge in [0.15, 0.2) is 0 Å². The van der Waals surface area contributed by atoms with E-state index in [0.717, 1.165) is 23.7 Å². The van der Waals surface area contributed by atoms with Crippen LogP contribution < -0.4 is 0 Å². The van der Waals surface area contributed by atoms with E-state index in [1.807, 2.05) is 0 Å². The fraction of sp³-hybridized carbons (Fsp3) is 1.00. The summed E-state index contributed by atoms with van der Waals surface area (Å²) < 4.78 is 0. The van der Waals surface area contributed by atoms with Gasteiger partial charge in [0, 0.05) is 0 Å². The third kappa shape index (κ3) is 1.41. The molecule has 0 bridgehead atoms. The van der Waals surface area contributed by atoms with E-state index in [4.69, 9.17) is 0 Å². The highest BCUT2D eigenvalue weighted by Gasteiger charge is 2.36. The first-order chi connectivity index (χ1) is 5.79. The molecule has 2 saturated carbocycles. The van der Waals surface area contributed by atoms with Crippen LogP contribution in [0.4, 0.5) is 0 Å². The van der Waals surface area contributed by atoms with E-state index < -0.39 is 0 Å². The molecule has 0 saturated heterocycles. The highest BCUT2D eigenvalue weighted by Crippen LogP contribution is 2.46. The Kier molecular flexibility index (Phi) is 2.43. The standard InChI is InChI=1S/C12H22/c1-9-5-3-7-11-8-4-6-10(2)12(9)11/h9-12H,3-8H2,1-2H3/t9-,10+,11?,12?. The van der Waals surface area contributed by atoms with E-state index in [1.54, 1.807) is 12.8 Å². The Balaban J connectivity index is 2.07. The molecule has 0 heterocycles. The second kappa shape index (κ2) is 3.40. The van der Waals surface area contributed by atoms with Crippen molar-refractivity contribution in [3.05, 3.63) is 0 Å². The highest BCUT2D eigenvalue weighted by atomic mass is 14.4. The largest absolute Gasteiger partial charge is 0.0622 e. The number of fused-ring (bicyclic) bond motifs is 1. The van der Waals surface area contributed by atoms with E-state index in [9.17, 15) is 0 Å². The minimum Gasteiger partial charge on any atom is -0.0622 e. The van der Waals surface area contributed by atoms with Crippen LogP contribution in [-0.4, -0.2) is 0 Å². The Hall–Kier alpha value is 0. The van der Waals surface area contributed by atoms with Gasteiger partial charge in [0.1, 0.15) is 0 Å². The van der Waals surface area contributed by atoms with Crippen molar-refractivity contribution in [3.63, 3.8) is 0 Å². The molecule has 0 spiro atoms. The van der Waals surface area contributed by atoms with Crippen LogP contribution in [0.5, 0.6) is 0 Å². The molecule has 0 nitrogen and oxygen atoms in total. The summed E-state index contributed by atoms with van der Waals surface area (Å²) in [6.07, 6.45) is 9.11. The van der Waals surface area contributed by atoms with Crippen molar-refractivity contribution in [2.24, 2.45) is 23.7 Å². The van der Waals surface area contributed by atoms with E-state index in [-0.39, 0.29) is 0 Å². The van der Waals surface area contributed by atoms with Gasteiger partial charge in [-0.15, -0.1) is 0 Å². The summed E-state index contributed by atoms with van der Waals surface area (Å²) in [7, 11) is 0. The molecule has 0 N–H and O–H groups in total. The van der Waals surface area contributed by atoms with Gasteiger partial charge >= 0.3 is 0 Å². The first kappa shape index (κ1) is 8.59. The van der Waals surface area contributed by atoms with Crippen molar-refractivity contribution in [3.8, 4) is 0 Å². The second-order valence-corrected chi connectivity index (χ2v) is 5.15. The van der Waals surface area contributed by atoms with Crippen molar-refractivity contribution >= 4 is 0 Å². The third-order valence-electron chi connectivity index (χ3n) is 4.33. The molecule has 2 aliphatic rings. The summed E-state index contributed by atoms with van der Waals surface area (Å²) in [5, 5.41) is 0. The molecule has 0 aromatic heterocycles. The maximum Gasteiger partial charge on any atom is -0.0334 e. The quantitative estimate of drug-likeness (QED) is 0.512. The maximum atomic E-state index is 2.48. The molecule has 0 aromatic carbocycles. The average Bonchev–Trinajstić information content (AvgIpc) is 2.04. The average molecular weight is 166 g/mol. The summed E-state index contributed by atoms with van der Waals surface area (Å²) in [5.41, 5.74) is 0. The molecule has 0 aliphatic heterocycles. The van der Waals surface area contributed by atoms with Gasteiger partial charge in [-0.2, -0.15) is 0 Å². The minimum atomic E-state index is 1.03. The van der Waals surface area contributed by atoms with E-state index >= 15 is 0 Å². The fourth-order valence-corrected chi connectivity index (χ4v) is 3.81. The van der Waals surface area contributed by atoms with Crippen LogP contribution in [0.15, 0.2) is 0 Å². The lowest BCUT2D eigenvalue weighted by atomic mass is 9.62. The molecule has 2 rings (SSSR count). The fourth-order valence-electron chi connectivity index (χ4n) is 3.81. The van der Waals surface area contributed by atoms with E-state index in [0.29, 0.717) is 0 Å². The normalized spacial score (nSPS) is 48.5. The monoisotopic (exact) mass is 166 g/mol. The van der Waals surface area contributed by atoms with Gasteiger partial charge in [0.25, 0.3) is 0 Å². The topological polar surface area (TPSA) is 0 Å². The van der Waals surface area contributed by atoms with Crippen LogP contribution in [0.25, 0.3) is 0 Å².